The van der Waals surface area contributed by atoms with Crippen LogP contribution in [0.25, 0.3) is 0 Å². The highest BCUT2D eigenvalue weighted by molar-refractivity contribution is 5.95. The molecule has 0 aliphatic carbocycles. The average molecular weight is 445 g/mol. The molecule has 1 heterocycles. The first kappa shape index (κ1) is 25.8. The number of carbonyl (C=O) groups excluding carboxylic acids is 4. The summed E-state index contributed by atoms with van der Waals surface area (Å²) in [5.74, 6) is -6.43. The van der Waals surface area contributed by atoms with E-state index >= 15 is 0 Å². The molecule has 4 unspecified atom stereocenters. The second-order valence-electron chi connectivity index (χ2n) is 6.96. The molecule has 0 bridgehead atoms. The van der Waals surface area contributed by atoms with Gasteiger partial charge in [-0.25, -0.2) is 4.79 Å². The standard InChI is InChI=1S/C17H27N5O9/c18-12(24)4-3-9(15(28)21-10(17(30)31)6-13(25)26)20-16(29)11(7-23)22-14(27)8-2-1-5-19-8/h8-11,19,23H,1-7H2,(H2,18,24)(H,20,29)(H,21,28)(H,22,27)(H,25,26)(H,30,31). The fourth-order valence-corrected chi connectivity index (χ4v) is 2.85. The molecule has 0 radical (unpaired) electrons. The maximum absolute atomic E-state index is 12.5. The Kier molecular flexibility index (Phi) is 10.3. The lowest BCUT2D eigenvalue weighted by Gasteiger charge is -2.24. The zero-order valence-corrected chi connectivity index (χ0v) is 16.6. The van der Waals surface area contributed by atoms with E-state index in [1.54, 1.807) is 0 Å². The van der Waals surface area contributed by atoms with E-state index in [2.05, 4.69) is 16.0 Å². The van der Waals surface area contributed by atoms with Crippen molar-refractivity contribution in [2.45, 2.75) is 56.3 Å². The predicted molar refractivity (Wildman–Crippen MR) is 102 cm³/mol. The van der Waals surface area contributed by atoms with Crippen LogP contribution >= 0.6 is 0 Å². The Balaban J connectivity index is 2.84. The Morgan fingerprint density at radius 2 is 1.58 bits per heavy atom. The first-order valence-electron chi connectivity index (χ1n) is 9.53. The number of primary amides is 1. The summed E-state index contributed by atoms with van der Waals surface area (Å²) >= 11 is 0. The van der Waals surface area contributed by atoms with Crippen LogP contribution < -0.4 is 27.0 Å². The summed E-state index contributed by atoms with van der Waals surface area (Å²) in [6, 6.07) is -5.18. The number of rotatable bonds is 13. The Labute approximate surface area is 176 Å². The van der Waals surface area contributed by atoms with E-state index in [1.165, 1.54) is 0 Å². The Morgan fingerprint density at radius 3 is 2.06 bits per heavy atom. The maximum Gasteiger partial charge on any atom is 0.326 e. The van der Waals surface area contributed by atoms with E-state index in [0.717, 1.165) is 6.42 Å². The van der Waals surface area contributed by atoms with Gasteiger partial charge in [-0.2, -0.15) is 0 Å². The number of aliphatic hydroxyl groups excluding tert-OH is 1. The van der Waals surface area contributed by atoms with Crippen LogP contribution in [0.3, 0.4) is 0 Å². The number of carboxylic acid groups (broad SMARTS) is 2. The normalized spacial score (nSPS) is 18.3. The number of aliphatic carboxylic acids is 2. The molecule has 1 aliphatic heterocycles. The number of hydrogen-bond donors (Lipinski definition) is 8. The van der Waals surface area contributed by atoms with Crippen LogP contribution in [0.5, 0.6) is 0 Å². The summed E-state index contributed by atoms with van der Waals surface area (Å²) in [6.45, 7) is -0.157. The maximum atomic E-state index is 12.5. The van der Waals surface area contributed by atoms with Crippen molar-refractivity contribution in [3.8, 4) is 0 Å². The lowest BCUT2D eigenvalue weighted by molar-refractivity contribution is -0.147. The highest BCUT2D eigenvalue weighted by Gasteiger charge is 2.31. The molecule has 0 aromatic rings. The molecule has 0 aromatic heterocycles. The van der Waals surface area contributed by atoms with Gasteiger partial charge < -0.3 is 42.3 Å². The van der Waals surface area contributed by atoms with Gasteiger partial charge in [0.25, 0.3) is 0 Å². The minimum absolute atomic E-state index is 0.317. The molecule has 0 spiro atoms. The number of carbonyl (C=O) groups is 6. The van der Waals surface area contributed by atoms with Gasteiger partial charge in [0.05, 0.1) is 19.1 Å². The zero-order chi connectivity index (χ0) is 23.6. The summed E-state index contributed by atoms with van der Waals surface area (Å²) in [4.78, 5) is 70.1. The van der Waals surface area contributed by atoms with E-state index in [4.69, 9.17) is 15.9 Å². The highest BCUT2D eigenvalue weighted by atomic mass is 16.4. The van der Waals surface area contributed by atoms with Crippen LogP contribution in [0, 0.1) is 0 Å². The van der Waals surface area contributed by atoms with Crippen molar-refractivity contribution in [2.75, 3.05) is 13.2 Å². The van der Waals surface area contributed by atoms with Crippen molar-refractivity contribution in [1.82, 2.24) is 21.3 Å². The van der Waals surface area contributed by atoms with Crippen LogP contribution in [0.1, 0.15) is 32.1 Å². The summed E-state index contributed by atoms with van der Waals surface area (Å²) in [6.07, 6.45) is -0.263. The van der Waals surface area contributed by atoms with E-state index < -0.39 is 72.8 Å². The van der Waals surface area contributed by atoms with E-state index in [0.29, 0.717) is 13.0 Å². The molecule has 1 saturated heterocycles. The summed E-state index contributed by atoms with van der Waals surface area (Å²) < 4.78 is 0. The second kappa shape index (κ2) is 12.4. The molecule has 4 amide bonds. The molecule has 4 atom stereocenters. The summed E-state index contributed by atoms with van der Waals surface area (Å²) in [7, 11) is 0. The van der Waals surface area contributed by atoms with Gasteiger partial charge in [-0.15, -0.1) is 0 Å². The molecule has 14 nitrogen and oxygen atoms in total. The molecule has 0 saturated carbocycles. The molecule has 1 rings (SSSR count). The largest absolute Gasteiger partial charge is 0.481 e. The van der Waals surface area contributed by atoms with Crippen LogP contribution in [-0.4, -0.2) is 88.2 Å². The number of nitrogens with two attached hydrogens (primary N) is 1. The molecule has 9 N–H and O–H groups in total. The molecule has 14 heteroatoms. The van der Waals surface area contributed by atoms with Gasteiger partial charge in [0.1, 0.15) is 18.1 Å². The van der Waals surface area contributed by atoms with Crippen molar-refractivity contribution < 1.29 is 44.1 Å². The van der Waals surface area contributed by atoms with Crippen molar-refractivity contribution in [2.24, 2.45) is 5.73 Å². The van der Waals surface area contributed by atoms with E-state index in [1.807, 2.05) is 5.32 Å². The quantitative estimate of drug-likeness (QED) is 0.137. The van der Waals surface area contributed by atoms with Gasteiger partial charge in [0.15, 0.2) is 0 Å². The third kappa shape index (κ3) is 8.96. The van der Waals surface area contributed by atoms with Gasteiger partial charge in [0, 0.05) is 6.42 Å². The van der Waals surface area contributed by atoms with Gasteiger partial charge in [-0.05, 0) is 25.8 Å². The number of hydrogen-bond acceptors (Lipinski definition) is 8. The third-order valence-corrected chi connectivity index (χ3v) is 4.50. The van der Waals surface area contributed by atoms with E-state index in [-0.39, 0.29) is 12.8 Å². The predicted octanol–water partition coefficient (Wildman–Crippen LogP) is -3.99. The molecule has 174 valence electrons. The fourth-order valence-electron chi connectivity index (χ4n) is 2.85. The fraction of sp³-hybridized carbons (Fsp3) is 0.647. The molecular formula is C17H27N5O9. The van der Waals surface area contributed by atoms with Crippen molar-refractivity contribution in [3.05, 3.63) is 0 Å². The van der Waals surface area contributed by atoms with Crippen LogP contribution in [0.15, 0.2) is 0 Å². The molecule has 31 heavy (non-hydrogen) atoms. The van der Waals surface area contributed by atoms with Gasteiger partial charge >= 0.3 is 11.9 Å². The van der Waals surface area contributed by atoms with Crippen molar-refractivity contribution in [3.63, 3.8) is 0 Å². The number of carboxylic acids is 2. The Morgan fingerprint density at radius 1 is 0.968 bits per heavy atom. The number of aliphatic hydroxyl groups is 1. The topological polar surface area (TPSA) is 237 Å². The highest BCUT2D eigenvalue weighted by Crippen LogP contribution is 2.06. The molecule has 0 aromatic carbocycles. The summed E-state index contributed by atoms with van der Waals surface area (Å²) in [5.41, 5.74) is 5.05. The van der Waals surface area contributed by atoms with Gasteiger partial charge in [-0.3, -0.25) is 24.0 Å². The first-order chi connectivity index (χ1) is 14.5. The number of nitrogens with one attached hydrogen (secondary N) is 4. The molecule has 1 aliphatic rings. The first-order valence-corrected chi connectivity index (χ1v) is 9.53. The number of amides is 4. The zero-order valence-electron chi connectivity index (χ0n) is 16.6. The Hall–Kier alpha value is -3.26. The van der Waals surface area contributed by atoms with Crippen LogP contribution in [-0.2, 0) is 28.8 Å². The third-order valence-electron chi connectivity index (χ3n) is 4.50. The smallest absolute Gasteiger partial charge is 0.326 e. The minimum atomic E-state index is -1.78. The second-order valence-corrected chi connectivity index (χ2v) is 6.96. The average Bonchev–Trinajstić information content (AvgIpc) is 3.22. The van der Waals surface area contributed by atoms with Crippen molar-refractivity contribution in [1.29, 1.82) is 0 Å². The summed E-state index contributed by atoms with van der Waals surface area (Å²) in [5, 5.41) is 36.7. The molecular weight excluding hydrogens is 418 g/mol. The van der Waals surface area contributed by atoms with Crippen LogP contribution in [0.4, 0.5) is 0 Å². The van der Waals surface area contributed by atoms with E-state index in [9.17, 15) is 33.9 Å². The molecule has 1 fully saturated rings. The van der Waals surface area contributed by atoms with Crippen LogP contribution in [0.2, 0.25) is 0 Å². The monoisotopic (exact) mass is 445 g/mol. The van der Waals surface area contributed by atoms with Gasteiger partial charge in [0.2, 0.25) is 23.6 Å². The van der Waals surface area contributed by atoms with Crippen molar-refractivity contribution >= 4 is 35.6 Å². The lowest BCUT2D eigenvalue weighted by atomic mass is 10.1. The minimum Gasteiger partial charge on any atom is -0.481 e. The van der Waals surface area contributed by atoms with Gasteiger partial charge in [-0.1, -0.05) is 0 Å². The Bertz CT molecular complexity index is 708. The SMILES string of the molecule is NC(=O)CCC(NC(=O)C(CO)NC(=O)C1CCCN1)C(=O)NC(CC(=O)O)C(=O)O. The lowest BCUT2D eigenvalue weighted by Crippen LogP contribution is -2.58.